The first kappa shape index (κ1) is 18.8. The largest absolute Gasteiger partial charge is 0.484 e. The molecule has 1 aromatic heterocycles. The van der Waals surface area contributed by atoms with Crippen molar-refractivity contribution < 1.29 is 23.6 Å². The SMILES string of the molecule is COCCN1C(=O)CC[C@H]1c1nc(CNC(=O)COc2ccccc2)no1. The van der Waals surface area contributed by atoms with Crippen LogP contribution in [0.1, 0.15) is 30.6 Å². The van der Waals surface area contributed by atoms with Crippen molar-refractivity contribution in [2.24, 2.45) is 0 Å². The number of amides is 2. The van der Waals surface area contributed by atoms with Crippen LogP contribution in [0, 0.1) is 0 Å². The smallest absolute Gasteiger partial charge is 0.258 e. The van der Waals surface area contributed by atoms with Gasteiger partial charge in [0.1, 0.15) is 11.8 Å². The molecular weight excluding hydrogens is 352 g/mol. The average molecular weight is 374 g/mol. The highest BCUT2D eigenvalue weighted by atomic mass is 16.5. The van der Waals surface area contributed by atoms with E-state index in [-0.39, 0.29) is 31.0 Å². The van der Waals surface area contributed by atoms with Gasteiger partial charge in [-0.3, -0.25) is 9.59 Å². The maximum absolute atomic E-state index is 12.0. The molecule has 2 aromatic rings. The van der Waals surface area contributed by atoms with Gasteiger partial charge in [-0.25, -0.2) is 0 Å². The number of hydrogen-bond donors (Lipinski definition) is 1. The second-order valence-corrected chi connectivity index (χ2v) is 6.06. The third-order valence-electron chi connectivity index (χ3n) is 4.19. The monoisotopic (exact) mass is 374 g/mol. The molecule has 0 bridgehead atoms. The van der Waals surface area contributed by atoms with E-state index in [1.807, 2.05) is 18.2 Å². The van der Waals surface area contributed by atoms with Gasteiger partial charge in [-0.1, -0.05) is 23.4 Å². The van der Waals surface area contributed by atoms with Crippen LogP contribution in [0.5, 0.6) is 5.75 Å². The molecule has 1 aromatic carbocycles. The van der Waals surface area contributed by atoms with Crippen LogP contribution in [0.15, 0.2) is 34.9 Å². The van der Waals surface area contributed by atoms with Crippen molar-refractivity contribution in [1.82, 2.24) is 20.4 Å². The summed E-state index contributed by atoms with van der Waals surface area (Å²) in [5, 5.41) is 6.56. The van der Waals surface area contributed by atoms with Gasteiger partial charge in [-0.05, 0) is 18.6 Å². The Labute approximate surface area is 156 Å². The summed E-state index contributed by atoms with van der Waals surface area (Å²) in [6.07, 6.45) is 1.07. The number of rotatable bonds is 9. The van der Waals surface area contributed by atoms with Gasteiger partial charge in [-0.2, -0.15) is 4.98 Å². The summed E-state index contributed by atoms with van der Waals surface area (Å²) in [6.45, 7) is 0.946. The Kier molecular flexibility index (Phi) is 6.37. The van der Waals surface area contributed by atoms with E-state index in [1.54, 1.807) is 24.1 Å². The molecule has 0 unspecified atom stereocenters. The van der Waals surface area contributed by atoms with Gasteiger partial charge < -0.3 is 24.2 Å². The molecule has 2 heterocycles. The lowest BCUT2D eigenvalue weighted by molar-refractivity contribution is -0.130. The number of para-hydroxylation sites is 1. The third kappa shape index (κ3) is 5.04. The Morgan fingerprint density at radius 2 is 2.19 bits per heavy atom. The number of likely N-dealkylation sites (tertiary alicyclic amines) is 1. The predicted octanol–water partition coefficient (Wildman–Crippen LogP) is 1.07. The third-order valence-corrected chi connectivity index (χ3v) is 4.19. The molecule has 0 aliphatic carbocycles. The van der Waals surface area contributed by atoms with Crippen LogP contribution in [0.4, 0.5) is 0 Å². The van der Waals surface area contributed by atoms with Crippen LogP contribution in [-0.2, 0) is 20.9 Å². The fourth-order valence-electron chi connectivity index (χ4n) is 2.83. The highest BCUT2D eigenvalue weighted by molar-refractivity contribution is 5.79. The number of benzene rings is 1. The Hall–Kier alpha value is -2.94. The van der Waals surface area contributed by atoms with E-state index in [0.29, 0.717) is 43.5 Å². The molecule has 27 heavy (non-hydrogen) atoms. The molecule has 1 saturated heterocycles. The molecule has 9 nitrogen and oxygen atoms in total. The minimum atomic E-state index is -0.289. The number of methoxy groups -OCH3 is 1. The summed E-state index contributed by atoms with van der Waals surface area (Å²) in [5.74, 6) is 1.11. The zero-order valence-corrected chi connectivity index (χ0v) is 15.1. The van der Waals surface area contributed by atoms with Crippen molar-refractivity contribution in [3.63, 3.8) is 0 Å². The fraction of sp³-hybridized carbons (Fsp3) is 0.444. The number of carbonyl (C=O) groups is 2. The molecule has 0 radical (unpaired) electrons. The van der Waals surface area contributed by atoms with E-state index in [1.165, 1.54) is 0 Å². The Morgan fingerprint density at radius 1 is 1.37 bits per heavy atom. The highest BCUT2D eigenvalue weighted by Crippen LogP contribution is 2.31. The van der Waals surface area contributed by atoms with Crippen LogP contribution in [-0.4, -0.2) is 53.7 Å². The van der Waals surface area contributed by atoms with Crippen molar-refractivity contribution >= 4 is 11.8 Å². The Bertz CT molecular complexity index is 764. The van der Waals surface area contributed by atoms with Crippen LogP contribution in [0.2, 0.25) is 0 Å². The number of nitrogens with zero attached hydrogens (tertiary/aromatic N) is 3. The first-order valence-corrected chi connectivity index (χ1v) is 8.73. The summed E-state index contributed by atoms with van der Waals surface area (Å²) >= 11 is 0. The second kappa shape index (κ2) is 9.13. The average Bonchev–Trinajstić information content (AvgIpc) is 3.30. The number of nitrogens with one attached hydrogen (secondary N) is 1. The lowest BCUT2D eigenvalue weighted by atomic mass is 10.2. The molecule has 1 N–H and O–H groups in total. The van der Waals surface area contributed by atoms with Crippen molar-refractivity contribution in [2.45, 2.75) is 25.4 Å². The first-order chi connectivity index (χ1) is 13.2. The minimum Gasteiger partial charge on any atom is -0.484 e. The summed E-state index contributed by atoms with van der Waals surface area (Å²) in [4.78, 5) is 29.9. The molecule has 1 aliphatic heterocycles. The van der Waals surface area contributed by atoms with Gasteiger partial charge in [0.25, 0.3) is 5.91 Å². The first-order valence-electron chi connectivity index (χ1n) is 8.73. The van der Waals surface area contributed by atoms with Gasteiger partial charge in [0.05, 0.1) is 13.2 Å². The number of hydrogen-bond acceptors (Lipinski definition) is 7. The van der Waals surface area contributed by atoms with Crippen LogP contribution in [0.3, 0.4) is 0 Å². The fourth-order valence-corrected chi connectivity index (χ4v) is 2.83. The molecule has 0 spiro atoms. The maximum Gasteiger partial charge on any atom is 0.258 e. The summed E-state index contributed by atoms with van der Waals surface area (Å²) in [5.41, 5.74) is 0. The van der Waals surface area contributed by atoms with Crippen LogP contribution < -0.4 is 10.1 Å². The van der Waals surface area contributed by atoms with Gasteiger partial charge in [0.2, 0.25) is 11.8 Å². The summed E-state index contributed by atoms with van der Waals surface area (Å²) < 4.78 is 15.7. The van der Waals surface area contributed by atoms with E-state index in [2.05, 4.69) is 15.5 Å². The van der Waals surface area contributed by atoms with Crippen molar-refractivity contribution in [1.29, 1.82) is 0 Å². The molecule has 144 valence electrons. The van der Waals surface area contributed by atoms with E-state index >= 15 is 0 Å². The predicted molar refractivity (Wildman–Crippen MR) is 93.6 cm³/mol. The van der Waals surface area contributed by atoms with E-state index < -0.39 is 0 Å². The molecule has 9 heteroatoms. The van der Waals surface area contributed by atoms with Crippen molar-refractivity contribution in [2.75, 3.05) is 26.9 Å². The molecule has 3 rings (SSSR count). The van der Waals surface area contributed by atoms with Crippen LogP contribution >= 0.6 is 0 Å². The molecule has 0 saturated carbocycles. The standard InChI is InChI=1S/C18H22N4O5/c1-25-10-9-22-14(7-8-17(22)24)18-20-15(21-27-18)11-19-16(23)12-26-13-5-3-2-4-6-13/h2-6,14H,7-12H2,1H3,(H,19,23)/t14-/m0/s1. The van der Waals surface area contributed by atoms with Gasteiger partial charge in [0, 0.05) is 20.1 Å². The normalized spacial score (nSPS) is 16.6. The van der Waals surface area contributed by atoms with Gasteiger partial charge in [0.15, 0.2) is 12.4 Å². The number of ether oxygens (including phenoxy) is 2. The maximum atomic E-state index is 12.0. The number of carbonyl (C=O) groups excluding carboxylic acids is 2. The van der Waals surface area contributed by atoms with Gasteiger partial charge in [-0.15, -0.1) is 0 Å². The Morgan fingerprint density at radius 3 is 2.96 bits per heavy atom. The second-order valence-electron chi connectivity index (χ2n) is 6.06. The summed E-state index contributed by atoms with van der Waals surface area (Å²) in [6, 6.07) is 8.84. The molecule has 1 atom stereocenters. The van der Waals surface area contributed by atoms with Crippen molar-refractivity contribution in [3.8, 4) is 5.75 Å². The zero-order valence-electron chi connectivity index (χ0n) is 15.1. The molecular formula is C18H22N4O5. The topological polar surface area (TPSA) is 107 Å². The zero-order chi connectivity index (χ0) is 19.1. The minimum absolute atomic E-state index is 0.0446. The lowest BCUT2D eigenvalue weighted by Gasteiger charge is -2.21. The number of aromatic nitrogens is 2. The van der Waals surface area contributed by atoms with E-state index in [4.69, 9.17) is 14.0 Å². The van der Waals surface area contributed by atoms with E-state index in [0.717, 1.165) is 0 Å². The Balaban J connectivity index is 1.49. The molecule has 1 fully saturated rings. The molecule has 2 amide bonds. The van der Waals surface area contributed by atoms with Gasteiger partial charge >= 0.3 is 0 Å². The van der Waals surface area contributed by atoms with E-state index in [9.17, 15) is 9.59 Å². The lowest BCUT2D eigenvalue weighted by Crippen LogP contribution is -2.31. The highest BCUT2D eigenvalue weighted by Gasteiger charge is 2.35. The van der Waals surface area contributed by atoms with Crippen molar-refractivity contribution in [3.05, 3.63) is 42.0 Å². The van der Waals surface area contributed by atoms with Crippen LogP contribution in [0.25, 0.3) is 0 Å². The molecule has 1 aliphatic rings. The quantitative estimate of drug-likeness (QED) is 0.700. The summed E-state index contributed by atoms with van der Waals surface area (Å²) in [7, 11) is 1.59.